The van der Waals surface area contributed by atoms with Crippen molar-refractivity contribution in [2.75, 3.05) is 18.0 Å². The lowest BCUT2D eigenvalue weighted by atomic mass is 9.73. The van der Waals surface area contributed by atoms with Gasteiger partial charge in [0.1, 0.15) is 5.75 Å². The summed E-state index contributed by atoms with van der Waals surface area (Å²) >= 11 is 0. The van der Waals surface area contributed by atoms with E-state index < -0.39 is 0 Å². The number of hydrogen-bond donors (Lipinski definition) is 0. The number of rotatable bonds is 1. The fourth-order valence-corrected chi connectivity index (χ4v) is 4.37. The average molecular weight is 311 g/mol. The third-order valence-electron chi connectivity index (χ3n) is 5.70. The average Bonchev–Trinajstić information content (AvgIpc) is 2.52. The number of carbonyl (C=O) groups excluding carboxylic acids is 1. The molecule has 23 heavy (non-hydrogen) atoms. The van der Waals surface area contributed by atoms with Gasteiger partial charge in [-0.15, -0.1) is 0 Å². The second-order valence-electron chi connectivity index (χ2n) is 7.72. The molecule has 3 heterocycles. The van der Waals surface area contributed by atoms with E-state index in [1.54, 1.807) is 0 Å². The molecule has 1 unspecified atom stereocenters. The third kappa shape index (κ3) is 2.20. The van der Waals surface area contributed by atoms with Gasteiger partial charge in [0.2, 0.25) is 0 Å². The predicted octanol–water partition coefficient (Wildman–Crippen LogP) is 3.77. The third-order valence-corrected chi connectivity index (χ3v) is 5.70. The number of esters is 1. The van der Waals surface area contributed by atoms with Gasteiger partial charge in [-0.1, -0.05) is 26.0 Å². The van der Waals surface area contributed by atoms with Gasteiger partial charge in [-0.3, -0.25) is 4.79 Å². The lowest BCUT2D eigenvalue weighted by molar-refractivity contribution is -0.138. The number of nitrogens with zero attached hydrogens (tertiary/aromatic N) is 1. The highest BCUT2D eigenvalue weighted by Gasteiger charge is 2.39. The molecular formula is C20H25NO2. The van der Waals surface area contributed by atoms with Gasteiger partial charge in [0.25, 0.3) is 0 Å². The molecule has 3 heteroatoms. The van der Waals surface area contributed by atoms with Crippen molar-refractivity contribution in [3.63, 3.8) is 0 Å². The molecule has 0 aromatic heterocycles. The second kappa shape index (κ2) is 5.12. The molecule has 1 aromatic rings. The van der Waals surface area contributed by atoms with E-state index in [0.717, 1.165) is 38.1 Å². The van der Waals surface area contributed by atoms with Crippen LogP contribution in [0.2, 0.25) is 0 Å². The Balaban J connectivity index is 1.90. The van der Waals surface area contributed by atoms with Crippen LogP contribution < -0.4 is 9.64 Å². The fourth-order valence-electron chi connectivity index (χ4n) is 4.37. The van der Waals surface area contributed by atoms with Crippen molar-refractivity contribution in [2.24, 2.45) is 5.92 Å². The molecule has 122 valence electrons. The Morgan fingerprint density at radius 2 is 2.17 bits per heavy atom. The summed E-state index contributed by atoms with van der Waals surface area (Å²) in [6.07, 6.45) is 8.06. The van der Waals surface area contributed by atoms with Crippen molar-refractivity contribution < 1.29 is 9.53 Å². The molecule has 0 saturated carbocycles. The number of ether oxygens (including phenoxy) is 1. The lowest BCUT2D eigenvalue weighted by Crippen LogP contribution is -2.41. The Morgan fingerprint density at radius 3 is 2.96 bits per heavy atom. The molecule has 1 aromatic carbocycles. The Bertz CT molecular complexity index is 702. The first-order valence-electron chi connectivity index (χ1n) is 8.80. The zero-order chi connectivity index (χ0) is 16.2. The van der Waals surface area contributed by atoms with E-state index in [1.165, 1.54) is 28.8 Å². The van der Waals surface area contributed by atoms with Gasteiger partial charge in [0.05, 0.1) is 5.92 Å². The number of anilines is 1. The van der Waals surface area contributed by atoms with Gasteiger partial charge in [-0.2, -0.15) is 0 Å². The highest BCUT2D eigenvalue weighted by molar-refractivity contribution is 5.83. The molecule has 0 fully saturated rings. The minimum atomic E-state index is -0.135. The van der Waals surface area contributed by atoms with Crippen LogP contribution in [0.5, 0.6) is 5.75 Å². The molecule has 0 radical (unpaired) electrons. The summed E-state index contributed by atoms with van der Waals surface area (Å²) in [5.74, 6) is 0.639. The van der Waals surface area contributed by atoms with E-state index in [2.05, 4.69) is 24.8 Å². The Labute approximate surface area is 138 Å². The molecule has 3 nitrogen and oxygen atoms in total. The smallest absolute Gasteiger partial charge is 0.318 e. The van der Waals surface area contributed by atoms with Crippen molar-refractivity contribution in [3.8, 4) is 5.75 Å². The normalized spacial score (nSPS) is 25.1. The standard InChI is InChI=1S/C20H25NO2/c1-4-6-13-11-14-12-16-17-15(18(14)23-19(13)22)7-5-9-21(17)10-8-20(16,2)3/h4,6,12-13H,5,7-11H2,1-3H3/b6-4+. The van der Waals surface area contributed by atoms with E-state index >= 15 is 0 Å². The molecule has 3 aliphatic rings. The molecule has 0 amide bonds. The predicted molar refractivity (Wildman–Crippen MR) is 92.3 cm³/mol. The lowest BCUT2D eigenvalue weighted by Gasteiger charge is -2.45. The van der Waals surface area contributed by atoms with Crippen LogP contribution in [-0.2, 0) is 23.1 Å². The zero-order valence-corrected chi connectivity index (χ0v) is 14.3. The topological polar surface area (TPSA) is 29.5 Å². The number of allylic oxidation sites excluding steroid dienone is 1. The largest absolute Gasteiger partial charge is 0.425 e. The summed E-state index contributed by atoms with van der Waals surface area (Å²) in [5, 5.41) is 0. The minimum absolute atomic E-state index is 0.0982. The van der Waals surface area contributed by atoms with Crippen molar-refractivity contribution >= 4 is 11.7 Å². The minimum Gasteiger partial charge on any atom is -0.425 e. The molecule has 0 aliphatic carbocycles. The monoisotopic (exact) mass is 311 g/mol. The Kier molecular flexibility index (Phi) is 3.29. The first-order chi connectivity index (χ1) is 11.0. The quantitative estimate of drug-likeness (QED) is 0.449. The van der Waals surface area contributed by atoms with E-state index in [9.17, 15) is 4.79 Å². The first-order valence-corrected chi connectivity index (χ1v) is 8.80. The van der Waals surface area contributed by atoms with Crippen LogP contribution in [0.25, 0.3) is 0 Å². The molecule has 0 saturated heterocycles. The molecule has 1 atom stereocenters. The second-order valence-corrected chi connectivity index (χ2v) is 7.72. The highest BCUT2D eigenvalue weighted by Crippen LogP contribution is 2.49. The summed E-state index contributed by atoms with van der Waals surface area (Å²) in [6.45, 7) is 8.89. The molecule has 3 aliphatic heterocycles. The summed E-state index contributed by atoms with van der Waals surface area (Å²) in [6, 6.07) is 2.33. The van der Waals surface area contributed by atoms with Gasteiger partial charge >= 0.3 is 5.97 Å². The summed E-state index contributed by atoms with van der Waals surface area (Å²) in [5.41, 5.74) is 5.52. The van der Waals surface area contributed by atoms with Crippen LogP contribution in [-0.4, -0.2) is 19.1 Å². The Morgan fingerprint density at radius 1 is 1.35 bits per heavy atom. The van der Waals surface area contributed by atoms with Gasteiger partial charge < -0.3 is 9.64 Å². The molecule has 0 N–H and O–H groups in total. The fraction of sp³-hybridized carbons (Fsp3) is 0.550. The van der Waals surface area contributed by atoms with E-state index in [0.29, 0.717) is 0 Å². The van der Waals surface area contributed by atoms with Gasteiger partial charge in [-0.25, -0.2) is 0 Å². The van der Waals surface area contributed by atoms with Crippen LogP contribution in [0.4, 0.5) is 5.69 Å². The summed E-state index contributed by atoms with van der Waals surface area (Å²) in [7, 11) is 0. The number of benzene rings is 1. The van der Waals surface area contributed by atoms with Crippen LogP contribution in [0.3, 0.4) is 0 Å². The Hall–Kier alpha value is -1.77. The maximum atomic E-state index is 12.3. The number of carbonyl (C=O) groups is 1. The number of hydrogen-bond acceptors (Lipinski definition) is 3. The van der Waals surface area contributed by atoms with E-state index in [4.69, 9.17) is 4.74 Å². The van der Waals surface area contributed by atoms with Crippen LogP contribution >= 0.6 is 0 Å². The summed E-state index contributed by atoms with van der Waals surface area (Å²) < 4.78 is 5.82. The van der Waals surface area contributed by atoms with Crippen molar-refractivity contribution in [1.82, 2.24) is 0 Å². The highest BCUT2D eigenvalue weighted by atomic mass is 16.5. The van der Waals surface area contributed by atoms with Gasteiger partial charge in [-0.05, 0) is 55.2 Å². The molecule has 0 spiro atoms. The van der Waals surface area contributed by atoms with Crippen molar-refractivity contribution in [1.29, 1.82) is 0 Å². The van der Waals surface area contributed by atoms with E-state index in [-0.39, 0.29) is 17.3 Å². The van der Waals surface area contributed by atoms with Gasteiger partial charge in [0, 0.05) is 24.3 Å². The van der Waals surface area contributed by atoms with Crippen molar-refractivity contribution in [3.05, 3.63) is 34.9 Å². The first kappa shape index (κ1) is 14.8. The van der Waals surface area contributed by atoms with Crippen LogP contribution in [0, 0.1) is 5.92 Å². The van der Waals surface area contributed by atoms with Crippen LogP contribution in [0.15, 0.2) is 18.2 Å². The zero-order valence-electron chi connectivity index (χ0n) is 14.3. The maximum Gasteiger partial charge on any atom is 0.318 e. The van der Waals surface area contributed by atoms with E-state index in [1.807, 2.05) is 19.1 Å². The van der Waals surface area contributed by atoms with Crippen LogP contribution in [0.1, 0.15) is 50.3 Å². The summed E-state index contributed by atoms with van der Waals surface area (Å²) in [4.78, 5) is 14.8. The molecule has 4 rings (SSSR count). The maximum absolute atomic E-state index is 12.3. The SMILES string of the molecule is C/C=C/C1Cc2cc3c4c(c2OC1=O)CCCN4CCC3(C)C. The number of fused-ring (bicyclic) bond motifs is 2. The van der Waals surface area contributed by atoms with Gasteiger partial charge in [0.15, 0.2) is 0 Å². The molecule has 0 bridgehead atoms. The molecular weight excluding hydrogens is 286 g/mol. The van der Waals surface area contributed by atoms with Crippen molar-refractivity contribution in [2.45, 2.75) is 51.9 Å².